The highest BCUT2D eigenvalue weighted by Gasteiger charge is 2.37. The summed E-state index contributed by atoms with van der Waals surface area (Å²) in [6, 6.07) is -2.69. The van der Waals surface area contributed by atoms with E-state index in [4.69, 9.17) is 21.7 Å². The normalized spacial score (nSPS) is 15.4. The summed E-state index contributed by atoms with van der Waals surface area (Å²) in [6.45, 7) is 2.10. The minimum atomic E-state index is -1.67. The Bertz CT molecular complexity index is 347. The smallest absolute Gasteiger partial charge is 0.329 e. The van der Waals surface area contributed by atoms with Gasteiger partial charge in [0.05, 0.1) is 19.2 Å². The number of carboxylic acids is 1. The fourth-order valence-electron chi connectivity index (χ4n) is 1.48. The summed E-state index contributed by atoms with van der Waals surface area (Å²) in [6.07, 6.45) is 0.592. The third-order valence-corrected chi connectivity index (χ3v) is 2.99. The predicted molar refractivity (Wildman–Crippen MR) is 66.8 cm³/mol. The Hall–Kier alpha value is -1.51. The zero-order valence-corrected chi connectivity index (χ0v) is 11.1. The SMILES string of the molecule is CCC(C)C(N)C(=O)N(C(=O)CN)C(CO)C(=O)O. The van der Waals surface area contributed by atoms with Crippen LogP contribution in [0, 0.1) is 5.92 Å². The lowest BCUT2D eigenvalue weighted by Crippen LogP contribution is -2.58. The summed E-state index contributed by atoms with van der Waals surface area (Å²) in [5.74, 6) is -3.45. The third kappa shape index (κ3) is 4.27. The van der Waals surface area contributed by atoms with E-state index in [2.05, 4.69) is 0 Å². The van der Waals surface area contributed by atoms with Gasteiger partial charge in [-0.25, -0.2) is 4.79 Å². The van der Waals surface area contributed by atoms with Gasteiger partial charge < -0.3 is 21.7 Å². The molecule has 0 aromatic heterocycles. The average Bonchev–Trinajstić information content (AvgIpc) is 2.40. The molecular formula is C11H21N3O5. The summed E-state index contributed by atoms with van der Waals surface area (Å²) in [5.41, 5.74) is 10.9. The summed E-state index contributed by atoms with van der Waals surface area (Å²) in [5, 5.41) is 18.0. The number of imide groups is 1. The van der Waals surface area contributed by atoms with Gasteiger partial charge in [-0.05, 0) is 5.92 Å². The number of amides is 2. The molecule has 0 aliphatic carbocycles. The van der Waals surface area contributed by atoms with Gasteiger partial charge in [0.25, 0.3) is 0 Å². The molecule has 0 aliphatic heterocycles. The molecule has 8 heteroatoms. The van der Waals surface area contributed by atoms with Crippen LogP contribution in [0.15, 0.2) is 0 Å². The first kappa shape index (κ1) is 17.5. The maximum atomic E-state index is 12.1. The number of nitrogens with zero attached hydrogens (tertiary/aromatic N) is 1. The Labute approximate surface area is 111 Å². The Morgan fingerprint density at radius 2 is 1.84 bits per heavy atom. The van der Waals surface area contributed by atoms with E-state index in [9.17, 15) is 14.4 Å². The topological polar surface area (TPSA) is 147 Å². The van der Waals surface area contributed by atoms with Crippen LogP contribution >= 0.6 is 0 Å². The number of carboxylic acid groups (broad SMARTS) is 1. The molecule has 110 valence electrons. The largest absolute Gasteiger partial charge is 0.480 e. The van der Waals surface area contributed by atoms with Crippen LogP contribution in [0.1, 0.15) is 20.3 Å². The second-order valence-electron chi connectivity index (χ2n) is 4.25. The van der Waals surface area contributed by atoms with Gasteiger partial charge in [-0.15, -0.1) is 0 Å². The van der Waals surface area contributed by atoms with Gasteiger partial charge in [0.1, 0.15) is 0 Å². The summed E-state index contributed by atoms with van der Waals surface area (Å²) in [7, 11) is 0. The quantitative estimate of drug-likeness (QED) is 0.425. The van der Waals surface area contributed by atoms with Crippen molar-refractivity contribution in [3.63, 3.8) is 0 Å². The molecule has 0 heterocycles. The second kappa shape index (κ2) is 7.82. The van der Waals surface area contributed by atoms with E-state index in [-0.39, 0.29) is 5.92 Å². The van der Waals surface area contributed by atoms with Gasteiger partial charge in [0.2, 0.25) is 11.8 Å². The third-order valence-electron chi connectivity index (χ3n) is 2.99. The van der Waals surface area contributed by atoms with Gasteiger partial charge in [0.15, 0.2) is 6.04 Å². The lowest BCUT2D eigenvalue weighted by Gasteiger charge is -2.29. The van der Waals surface area contributed by atoms with Crippen molar-refractivity contribution in [2.24, 2.45) is 17.4 Å². The molecule has 0 rings (SSSR count). The monoisotopic (exact) mass is 275 g/mol. The van der Waals surface area contributed by atoms with Crippen molar-refractivity contribution in [2.45, 2.75) is 32.4 Å². The highest BCUT2D eigenvalue weighted by Crippen LogP contribution is 2.11. The van der Waals surface area contributed by atoms with Gasteiger partial charge in [-0.3, -0.25) is 14.5 Å². The van der Waals surface area contributed by atoms with E-state index >= 15 is 0 Å². The number of aliphatic hydroxyl groups is 1. The molecular weight excluding hydrogens is 254 g/mol. The molecule has 0 spiro atoms. The van der Waals surface area contributed by atoms with Crippen LogP contribution in [0.25, 0.3) is 0 Å². The minimum Gasteiger partial charge on any atom is -0.480 e. The van der Waals surface area contributed by atoms with E-state index in [0.717, 1.165) is 0 Å². The van der Waals surface area contributed by atoms with Crippen molar-refractivity contribution in [3.05, 3.63) is 0 Å². The predicted octanol–water partition coefficient (Wildman–Crippen LogP) is -1.88. The van der Waals surface area contributed by atoms with Gasteiger partial charge in [0, 0.05) is 0 Å². The zero-order valence-electron chi connectivity index (χ0n) is 11.1. The molecule has 0 aromatic carbocycles. The van der Waals surface area contributed by atoms with E-state index in [1.807, 2.05) is 6.92 Å². The molecule has 8 nitrogen and oxygen atoms in total. The molecule has 3 atom stereocenters. The minimum absolute atomic E-state index is 0.228. The molecule has 0 saturated heterocycles. The highest BCUT2D eigenvalue weighted by atomic mass is 16.4. The molecule has 6 N–H and O–H groups in total. The zero-order chi connectivity index (χ0) is 15.2. The number of carbonyl (C=O) groups excluding carboxylic acids is 2. The molecule has 0 radical (unpaired) electrons. The van der Waals surface area contributed by atoms with Crippen LogP contribution in [0.3, 0.4) is 0 Å². The molecule has 0 aromatic rings. The molecule has 3 unspecified atom stereocenters. The number of carbonyl (C=O) groups is 3. The second-order valence-corrected chi connectivity index (χ2v) is 4.25. The molecule has 19 heavy (non-hydrogen) atoms. The van der Waals surface area contributed by atoms with Crippen molar-refractivity contribution in [3.8, 4) is 0 Å². The van der Waals surface area contributed by atoms with Crippen LogP contribution in [-0.2, 0) is 14.4 Å². The number of hydrogen-bond donors (Lipinski definition) is 4. The number of nitrogens with two attached hydrogens (primary N) is 2. The fourth-order valence-corrected chi connectivity index (χ4v) is 1.48. The number of aliphatic carboxylic acids is 1. The first-order valence-corrected chi connectivity index (χ1v) is 5.96. The van der Waals surface area contributed by atoms with Crippen LogP contribution in [0.2, 0.25) is 0 Å². The Balaban J connectivity index is 5.31. The van der Waals surface area contributed by atoms with Crippen LogP contribution in [0.5, 0.6) is 0 Å². The first-order chi connectivity index (χ1) is 8.81. The van der Waals surface area contributed by atoms with Crippen molar-refractivity contribution in [1.82, 2.24) is 4.90 Å². The number of aliphatic hydroxyl groups excluding tert-OH is 1. The molecule has 0 aliphatic rings. The standard InChI is InChI=1S/C11H21N3O5/c1-3-6(2)9(13)10(17)14(8(16)4-12)7(5-15)11(18)19/h6-7,9,15H,3-5,12-13H2,1-2H3,(H,18,19). The lowest BCUT2D eigenvalue weighted by molar-refractivity contribution is -0.160. The lowest BCUT2D eigenvalue weighted by atomic mass is 9.98. The van der Waals surface area contributed by atoms with Gasteiger partial charge >= 0.3 is 5.97 Å². The van der Waals surface area contributed by atoms with Crippen molar-refractivity contribution < 1.29 is 24.6 Å². The van der Waals surface area contributed by atoms with E-state index in [0.29, 0.717) is 11.3 Å². The van der Waals surface area contributed by atoms with E-state index < -0.39 is 43.0 Å². The average molecular weight is 275 g/mol. The van der Waals surface area contributed by atoms with Gasteiger partial charge in [-0.2, -0.15) is 0 Å². The van der Waals surface area contributed by atoms with Crippen molar-refractivity contribution >= 4 is 17.8 Å². The maximum Gasteiger partial charge on any atom is 0.329 e. The highest BCUT2D eigenvalue weighted by molar-refractivity contribution is 6.02. The Morgan fingerprint density at radius 1 is 1.32 bits per heavy atom. The molecule has 0 saturated carbocycles. The van der Waals surface area contributed by atoms with Crippen molar-refractivity contribution in [2.75, 3.05) is 13.2 Å². The first-order valence-electron chi connectivity index (χ1n) is 5.96. The fraction of sp³-hybridized carbons (Fsp3) is 0.727. The van der Waals surface area contributed by atoms with E-state index in [1.165, 1.54) is 0 Å². The van der Waals surface area contributed by atoms with Gasteiger partial charge in [-0.1, -0.05) is 20.3 Å². The number of hydrogen-bond acceptors (Lipinski definition) is 6. The van der Waals surface area contributed by atoms with Crippen LogP contribution < -0.4 is 11.5 Å². The summed E-state index contributed by atoms with van der Waals surface area (Å²) in [4.78, 5) is 35.1. The molecule has 0 bridgehead atoms. The number of rotatable bonds is 7. The van der Waals surface area contributed by atoms with E-state index in [1.54, 1.807) is 6.92 Å². The van der Waals surface area contributed by atoms with Crippen LogP contribution in [0.4, 0.5) is 0 Å². The molecule has 2 amide bonds. The summed E-state index contributed by atoms with van der Waals surface area (Å²) < 4.78 is 0. The molecule has 0 fully saturated rings. The maximum absolute atomic E-state index is 12.1. The Kier molecular flexibility index (Phi) is 7.20. The van der Waals surface area contributed by atoms with Crippen LogP contribution in [-0.4, -0.2) is 58.1 Å². The Morgan fingerprint density at radius 3 is 2.16 bits per heavy atom. The summed E-state index contributed by atoms with van der Waals surface area (Å²) >= 11 is 0. The van der Waals surface area contributed by atoms with Crippen molar-refractivity contribution in [1.29, 1.82) is 0 Å².